The van der Waals surface area contributed by atoms with Crippen molar-refractivity contribution in [2.24, 2.45) is 0 Å². The van der Waals surface area contributed by atoms with E-state index in [9.17, 15) is 4.79 Å². The van der Waals surface area contributed by atoms with Gasteiger partial charge in [0.15, 0.2) is 5.22 Å². The molecule has 2 rings (SSSR count). The molecule has 0 saturated heterocycles. The second-order valence-corrected chi connectivity index (χ2v) is 5.28. The van der Waals surface area contributed by atoms with E-state index in [1.807, 2.05) is 13.0 Å². The van der Waals surface area contributed by atoms with Gasteiger partial charge in [0.2, 0.25) is 0 Å². The van der Waals surface area contributed by atoms with Crippen molar-refractivity contribution in [1.29, 1.82) is 0 Å². The fraction of sp³-hybridized carbons (Fsp3) is 0.312. The Hall–Kier alpha value is -2.14. The molecule has 0 aliphatic heterocycles. The highest BCUT2D eigenvalue weighted by molar-refractivity contribution is 6.28. The van der Waals surface area contributed by atoms with Crippen LogP contribution in [0.1, 0.15) is 23.0 Å². The van der Waals surface area contributed by atoms with E-state index in [1.54, 1.807) is 38.4 Å². The predicted octanol–water partition coefficient (Wildman–Crippen LogP) is 3.65. The van der Waals surface area contributed by atoms with Gasteiger partial charge in [-0.2, -0.15) is 0 Å². The van der Waals surface area contributed by atoms with Gasteiger partial charge in [-0.1, -0.05) is 0 Å². The fourth-order valence-electron chi connectivity index (χ4n) is 1.96. The number of nitrogens with zero attached hydrogens (tertiary/aromatic N) is 1. The van der Waals surface area contributed by atoms with Gasteiger partial charge in [0.1, 0.15) is 11.5 Å². The number of amides is 1. The van der Waals surface area contributed by atoms with Crippen LogP contribution in [0.4, 0.5) is 5.69 Å². The van der Waals surface area contributed by atoms with Gasteiger partial charge in [0, 0.05) is 19.7 Å². The second kappa shape index (κ2) is 7.22. The van der Waals surface area contributed by atoms with Gasteiger partial charge in [-0.15, -0.1) is 0 Å². The Labute approximate surface area is 134 Å². The Morgan fingerprint density at radius 3 is 2.68 bits per heavy atom. The first-order valence-electron chi connectivity index (χ1n) is 6.98. The number of rotatable bonds is 6. The number of hydrogen-bond donors (Lipinski definition) is 1. The fourth-order valence-corrected chi connectivity index (χ4v) is 2.13. The average molecular weight is 323 g/mol. The number of furan rings is 1. The maximum atomic E-state index is 12.0. The SMILES string of the molecule is CCOc1cc(C(=O)N(C)C)ccc1NCc1ccc(Cl)o1. The topological polar surface area (TPSA) is 54.7 Å². The van der Waals surface area contributed by atoms with Crippen LogP contribution >= 0.6 is 11.6 Å². The van der Waals surface area contributed by atoms with E-state index in [1.165, 1.54) is 4.90 Å². The summed E-state index contributed by atoms with van der Waals surface area (Å²) < 4.78 is 10.9. The summed E-state index contributed by atoms with van der Waals surface area (Å²) in [5, 5.41) is 3.58. The second-order valence-electron chi connectivity index (χ2n) is 4.90. The van der Waals surface area contributed by atoms with Gasteiger partial charge in [-0.3, -0.25) is 4.79 Å². The molecule has 22 heavy (non-hydrogen) atoms. The lowest BCUT2D eigenvalue weighted by molar-refractivity contribution is 0.0827. The highest BCUT2D eigenvalue weighted by atomic mass is 35.5. The van der Waals surface area contributed by atoms with E-state index in [0.29, 0.717) is 29.7 Å². The Morgan fingerprint density at radius 1 is 1.32 bits per heavy atom. The molecule has 0 spiro atoms. The summed E-state index contributed by atoms with van der Waals surface area (Å²) in [6, 6.07) is 8.83. The van der Waals surface area contributed by atoms with E-state index in [0.717, 1.165) is 11.4 Å². The van der Waals surface area contributed by atoms with E-state index < -0.39 is 0 Å². The molecule has 0 atom stereocenters. The summed E-state index contributed by atoms with van der Waals surface area (Å²) in [6.45, 7) is 2.89. The normalized spacial score (nSPS) is 10.4. The van der Waals surface area contributed by atoms with Crippen LogP contribution in [0.25, 0.3) is 0 Å². The molecule has 118 valence electrons. The Balaban J connectivity index is 2.17. The van der Waals surface area contributed by atoms with E-state index >= 15 is 0 Å². The molecular formula is C16H19ClN2O3. The van der Waals surface area contributed by atoms with Gasteiger partial charge < -0.3 is 19.4 Å². The third kappa shape index (κ3) is 3.95. The number of carbonyl (C=O) groups is 1. The molecule has 1 heterocycles. The van der Waals surface area contributed by atoms with Gasteiger partial charge >= 0.3 is 0 Å². The zero-order chi connectivity index (χ0) is 16.1. The number of carbonyl (C=O) groups excluding carboxylic acids is 1. The summed E-state index contributed by atoms with van der Waals surface area (Å²) in [5.74, 6) is 1.29. The molecule has 6 heteroatoms. The number of ether oxygens (including phenoxy) is 1. The Kier molecular flexibility index (Phi) is 5.33. The number of halogens is 1. The lowest BCUT2D eigenvalue weighted by Gasteiger charge is -2.15. The van der Waals surface area contributed by atoms with Crippen LogP contribution in [-0.2, 0) is 6.54 Å². The predicted molar refractivity (Wildman–Crippen MR) is 86.7 cm³/mol. The number of anilines is 1. The molecule has 0 radical (unpaired) electrons. The summed E-state index contributed by atoms with van der Waals surface area (Å²) in [5.41, 5.74) is 1.38. The minimum atomic E-state index is -0.0645. The molecule has 1 N–H and O–H groups in total. The summed E-state index contributed by atoms with van der Waals surface area (Å²) in [7, 11) is 3.44. The first-order valence-corrected chi connectivity index (χ1v) is 7.35. The molecule has 0 bridgehead atoms. The Morgan fingerprint density at radius 2 is 2.09 bits per heavy atom. The summed E-state index contributed by atoms with van der Waals surface area (Å²) >= 11 is 5.75. The number of nitrogens with one attached hydrogen (secondary N) is 1. The third-order valence-corrected chi connectivity index (χ3v) is 3.22. The first-order chi connectivity index (χ1) is 10.5. The molecule has 0 aliphatic rings. The van der Waals surface area contributed by atoms with Gasteiger partial charge in [0.25, 0.3) is 5.91 Å². The van der Waals surface area contributed by atoms with Crippen molar-refractivity contribution in [3.8, 4) is 5.75 Å². The molecule has 0 fully saturated rings. The lowest BCUT2D eigenvalue weighted by atomic mass is 10.1. The molecule has 2 aromatic rings. The Bertz CT molecular complexity index is 653. The third-order valence-electron chi connectivity index (χ3n) is 3.02. The maximum absolute atomic E-state index is 12.0. The van der Waals surface area contributed by atoms with Crippen LogP contribution in [0.5, 0.6) is 5.75 Å². The molecule has 1 amide bonds. The standard InChI is InChI=1S/C16H19ClN2O3/c1-4-21-14-9-11(16(20)19(2)3)5-7-13(14)18-10-12-6-8-15(17)22-12/h5-9,18H,4,10H2,1-3H3. The monoisotopic (exact) mass is 322 g/mol. The smallest absolute Gasteiger partial charge is 0.253 e. The van der Waals surface area contributed by atoms with Crippen LogP contribution in [0, 0.1) is 0 Å². The minimum absolute atomic E-state index is 0.0645. The summed E-state index contributed by atoms with van der Waals surface area (Å²) in [6.07, 6.45) is 0. The highest BCUT2D eigenvalue weighted by Crippen LogP contribution is 2.27. The molecule has 0 unspecified atom stereocenters. The molecule has 0 saturated carbocycles. The van der Waals surface area contributed by atoms with Gasteiger partial charge in [-0.05, 0) is 48.9 Å². The minimum Gasteiger partial charge on any atom is -0.492 e. The van der Waals surface area contributed by atoms with Crippen LogP contribution in [0.3, 0.4) is 0 Å². The molecule has 5 nitrogen and oxygen atoms in total. The van der Waals surface area contributed by atoms with Crippen LogP contribution in [0.15, 0.2) is 34.7 Å². The van der Waals surface area contributed by atoms with Crippen LogP contribution in [-0.4, -0.2) is 31.5 Å². The van der Waals surface area contributed by atoms with Crippen molar-refractivity contribution in [3.05, 3.63) is 46.9 Å². The maximum Gasteiger partial charge on any atom is 0.253 e. The summed E-state index contributed by atoms with van der Waals surface area (Å²) in [4.78, 5) is 13.5. The van der Waals surface area contributed by atoms with E-state index in [4.69, 9.17) is 20.8 Å². The van der Waals surface area contributed by atoms with Crippen molar-refractivity contribution in [1.82, 2.24) is 4.90 Å². The molecule has 0 aliphatic carbocycles. The van der Waals surface area contributed by atoms with Gasteiger partial charge in [0.05, 0.1) is 18.8 Å². The van der Waals surface area contributed by atoms with Gasteiger partial charge in [-0.25, -0.2) is 0 Å². The highest BCUT2D eigenvalue weighted by Gasteiger charge is 2.12. The quantitative estimate of drug-likeness (QED) is 0.882. The van der Waals surface area contributed by atoms with Crippen molar-refractivity contribution >= 4 is 23.2 Å². The zero-order valence-corrected chi connectivity index (χ0v) is 13.6. The van der Waals surface area contributed by atoms with Crippen LogP contribution in [0.2, 0.25) is 5.22 Å². The van der Waals surface area contributed by atoms with Crippen molar-refractivity contribution in [2.75, 3.05) is 26.0 Å². The van der Waals surface area contributed by atoms with Crippen LogP contribution < -0.4 is 10.1 Å². The largest absolute Gasteiger partial charge is 0.492 e. The zero-order valence-electron chi connectivity index (χ0n) is 12.9. The first kappa shape index (κ1) is 16.2. The number of benzene rings is 1. The molecular weight excluding hydrogens is 304 g/mol. The van der Waals surface area contributed by atoms with Crippen molar-refractivity contribution in [3.63, 3.8) is 0 Å². The van der Waals surface area contributed by atoms with Crippen molar-refractivity contribution in [2.45, 2.75) is 13.5 Å². The average Bonchev–Trinajstić information content (AvgIpc) is 2.91. The molecule has 1 aromatic heterocycles. The lowest BCUT2D eigenvalue weighted by Crippen LogP contribution is -2.21. The van der Waals surface area contributed by atoms with E-state index in [-0.39, 0.29) is 5.91 Å². The van der Waals surface area contributed by atoms with Crippen molar-refractivity contribution < 1.29 is 13.9 Å². The molecule has 1 aromatic carbocycles. The number of hydrogen-bond acceptors (Lipinski definition) is 4. The van der Waals surface area contributed by atoms with E-state index in [2.05, 4.69) is 5.32 Å².